The maximum Gasteiger partial charge on any atom is 0.347 e. The smallest absolute Gasteiger partial charge is 0.347 e. The number of rotatable bonds is 3. The molecule has 1 rings (SSSR count). The Morgan fingerprint density at radius 2 is 2.13 bits per heavy atom. The van der Waals surface area contributed by atoms with Crippen molar-refractivity contribution in [2.24, 2.45) is 0 Å². The van der Waals surface area contributed by atoms with Crippen LogP contribution in [0.4, 0.5) is 5.69 Å². The Labute approximate surface area is 96.2 Å². The van der Waals surface area contributed by atoms with E-state index in [1.165, 1.54) is 13.8 Å². The van der Waals surface area contributed by atoms with Crippen LogP contribution in [-0.2, 0) is 4.79 Å². The predicted molar refractivity (Wildman–Crippen MR) is 60.9 cm³/mol. The molecule has 0 saturated heterocycles. The lowest BCUT2D eigenvalue weighted by Crippen LogP contribution is -2.38. The van der Waals surface area contributed by atoms with Crippen molar-refractivity contribution in [1.29, 1.82) is 0 Å². The number of hydrogen-bond donors (Lipinski definition) is 2. The summed E-state index contributed by atoms with van der Waals surface area (Å²) in [4.78, 5) is 10.9. The summed E-state index contributed by atoms with van der Waals surface area (Å²) in [6.07, 6.45) is 0. The van der Waals surface area contributed by atoms with Gasteiger partial charge in [0.15, 0.2) is 5.60 Å². The monoisotopic (exact) mass is 273 g/mol. The van der Waals surface area contributed by atoms with E-state index in [1.807, 2.05) is 0 Å². The first-order valence-corrected chi connectivity index (χ1v) is 5.09. The van der Waals surface area contributed by atoms with Crippen molar-refractivity contribution in [3.63, 3.8) is 0 Å². The van der Waals surface area contributed by atoms with Gasteiger partial charge in [0, 0.05) is 11.8 Å². The maximum atomic E-state index is 10.9. The first-order valence-electron chi connectivity index (χ1n) is 4.30. The van der Waals surface area contributed by atoms with Crippen molar-refractivity contribution < 1.29 is 14.6 Å². The fraction of sp³-hybridized carbons (Fsp3) is 0.300. The van der Waals surface area contributed by atoms with Gasteiger partial charge in [-0.05, 0) is 41.9 Å². The van der Waals surface area contributed by atoms with Crippen LogP contribution < -0.4 is 10.5 Å². The van der Waals surface area contributed by atoms with E-state index in [2.05, 4.69) is 15.9 Å². The fourth-order valence-electron chi connectivity index (χ4n) is 0.917. The minimum Gasteiger partial charge on any atom is -0.478 e. The highest BCUT2D eigenvalue weighted by Gasteiger charge is 2.30. The molecule has 0 amide bonds. The molecule has 15 heavy (non-hydrogen) atoms. The highest BCUT2D eigenvalue weighted by Crippen LogP contribution is 2.30. The molecule has 4 nitrogen and oxygen atoms in total. The number of carboxylic acids is 1. The summed E-state index contributed by atoms with van der Waals surface area (Å²) in [7, 11) is 0. The number of ether oxygens (including phenoxy) is 1. The number of nitrogens with two attached hydrogens (primary N) is 1. The number of aliphatic carboxylic acids is 1. The lowest BCUT2D eigenvalue weighted by molar-refractivity contribution is -0.152. The molecule has 0 fully saturated rings. The van der Waals surface area contributed by atoms with Gasteiger partial charge in [0.05, 0.1) is 4.47 Å². The molecule has 0 aromatic heterocycles. The number of benzene rings is 1. The standard InChI is InChI=1S/C10H12BrNO3/c1-10(2,9(13)14)15-8-5-6(12)3-4-7(8)11/h3-5H,12H2,1-2H3,(H,13,14). The minimum absolute atomic E-state index is 0.419. The van der Waals surface area contributed by atoms with Gasteiger partial charge in [-0.2, -0.15) is 0 Å². The van der Waals surface area contributed by atoms with Crippen LogP contribution in [0.15, 0.2) is 22.7 Å². The SMILES string of the molecule is CC(C)(Oc1cc(N)ccc1Br)C(=O)O. The molecule has 0 unspecified atom stereocenters. The van der Waals surface area contributed by atoms with Gasteiger partial charge >= 0.3 is 5.97 Å². The van der Waals surface area contributed by atoms with Crippen LogP contribution in [-0.4, -0.2) is 16.7 Å². The number of hydrogen-bond acceptors (Lipinski definition) is 3. The van der Waals surface area contributed by atoms with Crippen LogP contribution in [0, 0.1) is 0 Å². The zero-order valence-electron chi connectivity index (χ0n) is 8.45. The van der Waals surface area contributed by atoms with E-state index in [-0.39, 0.29) is 0 Å². The average molecular weight is 274 g/mol. The summed E-state index contributed by atoms with van der Waals surface area (Å²) in [5.74, 6) is -0.612. The van der Waals surface area contributed by atoms with E-state index in [0.717, 1.165) is 0 Å². The third-order valence-electron chi connectivity index (χ3n) is 1.84. The molecule has 0 saturated carbocycles. The second-order valence-corrected chi connectivity index (χ2v) is 4.46. The summed E-state index contributed by atoms with van der Waals surface area (Å²) >= 11 is 3.26. The summed E-state index contributed by atoms with van der Waals surface area (Å²) < 4.78 is 6.02. The van der Waals surface area contributed by atoms with E-state index < -0.39 is 11.6 Å². The van der Waals surface area contributed by atoms with Crippen molar-refractivity contribution >= 4 is 27.6 Å². The first-order chi connectivity index (χ1) is 6.83. The van der Waals surface area contributed by atoms with Gasteiger partial charge in [-0.15, -0.1) is 0 Å². The molecule has 82 valence electrons. The van der Waals surface area contributed by atoms with Gasteiger partial charge in [-0.3, -0.25) is 0 Å². The Bertz CT molecular complexity index is 390. The van der Waals surface area contributed by atoms with Crippen LogP contribution in [0.5, 0.6) is 5.75 Å². The third-order valence-corrected chi connectivity index (χ3v) is 2.49. The summed E-state index contributed by atoms with van der Waals surface area (Å²) in [6, 6.07) is 4.99. The topological polar surface area (TPSA) is 72.5 Å². The van der Waals surface area contributed by atoms with Crippen LogP contribution >= 0.6 is 15.9 Å². The Morgan fingerprint density at radius 1 is 1.53 bits per heavy atom. The van der Waals surface area contributed by atoms with Crippen LogP contribution in [0.25, 0.3) is 0 Å². The molecule has 1 aromatic carbocycles. The molecule has 1 aromatic rings. The van der Waals surface area contributed by atoms with E-state index >= 15 is 0 Å². The van der Waals surface area contributed by atoms with Gasteiger partial charge in [0.2, 0.25) is 0 Å². The molecular weight excluding hydrogens is 262 g/mol. The Balaban J connectivity index is 2.99. The molecule has 0 aliphatic carbocycles. The van der Waals surface area contributed by atoms with E-state index in [9.17, 15) is 4.79 Å². The number of nitrogen functional groups attached to an aromatic ring is 1. The van der Waals surface area contributed by atoms with Crippen molar-refractivity contribution in [3.05, 3.63) is 22.7 Å². The van der Waals surface area contributed by atoms with Crippen LogP contribution in [0.2, 0.25) is 0 Å². The van der Waals surface area contributed by atoms with E-state index in [1.54, 1.807) is 18.2 Å². The van der Waals surface area contributed by atoms with Crippen molar-refractivity contribution in [3.8, 4) is 5.75 Å². The molecular formula is C10H12BrNO3. The Morgan fingerprint density at radius 3 is 2.67 bits per heavy atom. The lowest BCUT2D eigenvalue weighted by atomic mass is 10.1. The highest BCUT2D eigenvalue weighted by atomic mass is 79.9. The number of halogens is 1. The first kappa shape index (κ1) is 11.8. The predicted octanol–water partition coefficient (Wildman–Crippen LogP) is 2.27. The molecule has 0 aliphatic heterocycles. The number of carboxylic acid groups (broad SMARTS) is 1. The van der Waals surface area contributed by atoms with Gasteiger partial charge in [-0.1, -0.05) is 0 Å². The zero-order valence-corrected chi connectivity index (χ0v) is 10.0. The summed E-state index contributed by atoms with van der Waals surface area (Å²) in [5, 5.41) is 8.89. The van der Waals surface area contributed by atoms with Crippen LogP contribution in [0.1, 0.15) is 13.8 Å². The largest absolute Gasteiger partial charge is 0.478 e. The van der Waals surface area contributed by atoms with Crippen LogP contribution in [0.3, 0.4) is 0 Å². The second-order valence-electron chi connectivity index (χ2n) is 3.61. The molecule has 0 bridgehead atoms. The molecule has 0 heterocycles. The molecule has 0 spiro atoms. The third kappa shape index (κ3) is 2.86. The zero-order chi connectivity index (χ0) is 11.6. The summed E-state index contributed by atoms with van der Waals surface area (Å²) in [6.45, 7) is 2.95. The second kappa shape index (κ2) is 4.10. The Hall–Kier alpha value is -1.23. The number of carbonyl (C=O) groups is 1. The van der Waals surface area contributed by atoms with Crippen molar-refractivity contribution in [2.45, 2.75) is 19.4 Å². The molecule has 0 radical (unpaired) electrons. The molecule has 0 atom stereocenters. The molecule has 0 aliphatic rings. The van der Waals surface area contributed by atoms with Gasteiger partial charge in [0.1, 0.15) is 5.75 Å². The van der Waals surface area contributed by atoms with Gasteiger partial charge in [-0.25, -0.2) is 4.79 Å². The van der Waals surface area contributed by atoms with Gasteiger partial charge < -0.3 is 15.6 Å². The number of anilines is 1. The lowest BCUT2D eigenvalue weighted by Gasteiger charge is -2.22. The summed E-state index contributed by atoms with van der Waals surface area (Å²) in [5.41, 5.74) is 4.82. The highest BCUT2D eigenvalue weighted by molar-refractivity contribution is 9.10. The van der Waals surface area contributed by atoms with Gasteiger partial charge in [0.25, 0.3) is 0 Å². The molecule has 3 N–H and O–H groups in total. The quantitative estimate of drug-likeness (QED) is 0.829. The minimum atomic E-state index is -1.28. The average Bonchev–Trinajstić information content (AvgIpc) is 2.10. The van der Waals surface area contributed by atoms with E-state index in [0.29, 0.717) is 15.9 Å². The van der Waals surface area contributed by atoms with Crippen molar-refractivity contribution in [2.75, 3.05) is 5.73 Å². The maximum absolute atomic E-state index is 10.9. The molecule has 5 heteroatoms. The Kier molecular flexibility index (Phi) is 3.24. The fourth-order valence-corrected chi connectivity index (χ4v) is 1.24. The normalized spacial score (nSPS) is 11.1. The van der Waals surface area contributed by atoms with Crippen molar-refractivity contribution in [1.82, 2.24) is 0 Å². The van der Waals surface area contributed by atoms with E-state index in [4.69, 9.17) is 15.6 Å².